The molecule has 0 aliphatic rings. The average molecular weight is 332 g/mol. The van der Waals surface area contributed by atoms with E-state index in [1.54, 1.807) is 16.8 Å². The van der Waals surface area contributed by atoms with Gasteiger partial charge in [-0.3, -0.25) is 0 Å². The molecule has 20 heavy (non-hydrogen) atoms. The number of aromatic nitrogens is 3. The monoisotopic (exact) mass is 331 g/mol. The van der Waals surface area contributed by atoms with E-state index in [4.69, 9.17) is 5.11 Å². The zero-order chi connectivity index (χ0) is 14.3. The van der Waals surface area contributed by atoms with E-state index in [9.17, 15) is 4.79 Å². The van der Waals surface area contributed by atoms with Crippen LogP contribution < -0.4 is 0 Å². The second-order valence-electron chi connectivity index (χ2n) is 4.44. The predicted octanol–water partition coefficient (Wildman–Crippen LogP) is 3.19. The number of aromatic carboxylic acids is 1. The molecule has 0 bridgehead atoms. The lowest BCUT2D eigenvalue weighted by atomic mass is 10.1. The summed E-state index contributed by atoms with van der Waals surface area (Å²) in [7, 11) is 0. The second kappa shape index (κ2) is 4.72. The van der Waals surface area contributed by atoms with Crippen molar-refractivity contribution in [3.8, 4) is 5.69 Å². The van der Waals surface area contributed by atoms with Crippen molar-refractivity contribution in [2.45, 2.75) is 6.92 Å². The second-order valence-corrected chi connectivity index (χ2v) is 5.36. The summed E-state index contributed by atoms with van der Waals surface area (Å²) in [6, 6.07) is 10.6. The third kappa shape index (κ3) is 2.08. The Labute approximate surface area is 123 Å². The number of fused-ring (bicyclic) bond motifs is 1. The number of halogens is 1. The van der Waals surface area contributed by atoms with Crippen LogP contribution in [0.1, 0.15) is 15.9 Å². The summed E-state index contributed by atoms with van der Waals surface area (Å²) in [6.07, 6.45) is 0. The largest absolute Gasteiger partial charge is 0.478 e. The summed E-state index contributed by atoms with van der Waals surface area (Å²) in [5.41, 5.74) is 3.44. The van der Waals surface area contributed by atoms with Crippen molar-refractivity contribution in [2.24, 2.45) is 0 Å². The molecule has 100 valence electrons. The first kappa shape index (κ1) is 12.8. The van der Waals surface area contributed by atoms with Crippen LogP contribution >= 0.6 is 15.9 Å². The molecular weight excluding hydrogens is 322 g/mol. The number of nitrogens with zero attached hydrogens (tertiary/aromatic N) is 3. The number of benzene rings is 2. The van der Waals surface area contributed by atoms with Crippen LogP contribution in [0.15, 0.2) is 40.9 Å². The number of rotatable bonds is 2. The van der Waals surface area contributed by atoms with Gasteiger partial charge in [0, 0.05) is 4.47 Å². The van der Waals surface area contributed by atoms with E-state index in [2.05, 4.69) is 26.2 Å². The van der Waals surface area contributed by atoms with E-state index < -0.39 is 5.97 Å². The Hall–Kier alpha value is -2.21. The van der Waals surface area contributed by atoms with E-state index in [0.29, 0.717) is 11.0 Å². The SMILES string of the molecule is Cc1ccc(Br)cc1-n1nnc2ccc(C(=O)O)cc21. The average Bonchev–Trinajstić information content (AvgIpc) is 2.84. The first-order chi connectivity index (χ1) is 9.56. The number of carboxylic acid groups (broad SMARTS) is 1. The highest BCUT2D eigenvalue weighted by molar-refractivity contribution is 9.10. The maximum atomic E-state index is 11.1. The maximum Gasteiger partial charge on any atom is 0.335 e. The maximum absolute atomic E-state index is 11.1. The molecule has 5 nitrogen and oxygen atoms in total. The molecule has 0 saturated heterocycles. The van der Waals surface area contributed by atoms with Crippen molar-refractivity contribution in [3.63, 3.8) is 0 Å². The van der Waals surface area contributed by atoms with Crippen molar-refractivity contribution in [1.29, 1.82) is 0 Å². The molecule has 1 N–H and O–H groups in total. The van der Waals surface area contributed by atoms with Crippen LogP contribution in [0, 0.1) is 6.92 Å². The van der Waals surface area contributed by atoms with Crippen molar-refractivity contribution in [2.75, 3.05) is 0 Å². The van der Waals surface area contributed by atoms with Crippen LogP contribution in [0.5, 0.6) is 0 Å². The van der Waals surface area contributed by atoms with Gasteiger partial charge in [0.05, 0.1) is 16.8 Å². The standard InChI is InChI=1S/C14H10BrN3O2/c1-8-2-4-10(15)7-12(8)18-13-6-9(14(19)20)3-5-11(13)16-17-18/h2-7H,1H3,(H,19,20). The Balaban J connectivity index is 2.28. The molecule has 0 radical (unpaired) electrons. The fraction of sp³-hybridized carbons (Fsp3) is 0.0714. The van der Waals surface area contributed by atoms with Crippen LogP contribution in [0.3, 0.4) is 0 Å². The Morgan fingerprint density at radius 3 is 2.80 bits per heavy atom. The molecule has 6 heteroatoms. The lowest BCUT2D eigenvalue weighted by Crippen LogP contribution is -2.01. The van der Waals surface area contributed by atoms with Gasteiger partial charge in [-0.1, -0.05) is 27.2 Å². The highest BCUT2D eigenvalue weighted by Gasteiger charge is 2.12. The van der Waals surface area contributed by atoms with Crippen LogP contribution in [-0.4, -0.2) is 26.1 Å². The molecular formula is C14H10BrN3O2. The van der Waals surface area contributed by atoms with Crippen LogP contribution in [-0.2, 0) is 0 Å². The molecule has 3 rings (SSSR count). The number of carbonyl (C=O) groups is 1. The molecule has 0 saturated carbocycles. The number of carboxylic acids is 1. The molecule has 1 aromatic heterocycles. The minimum absolute atomic E-state index is 0.216. The summed E-state index contributed by atoms with van der Waals surface area (Å²) in [6.45, 7) is 1.97. The van der Waals surface area contributed by atoms with Crippen LogP contribution in [0.4, 0.5) is 0 Å². The van der Waals surface area contributed by atoms with Gasteiger partial charge in [-0.25, -0.2) is 9.48 Å². The normalized spacial score (nSPS) is 10.9. The third-order valence-corrected chi connectivity index (χ3v) is 3.59. The van der Waals surface area contributed by atoms with E-state index >= 15 is 0 Å². The predicted molar refractivity (Wildman–Crippen MR) is 78.3 cm³/mol. The minimum atomic E-state index is -0.967. The summed E-state index contributed by atoms with van der Waals surface area (Å²) in [5, 5.41) is 17.3. The third-order valence-electron chi connectivity index (χ3n) is 3.09. The highest BCUT2D eigenvalue weighted by Crippen LogP contribution is 2.23. The number of hydrogen-bond acceptors (Lipinski definition) is 3. The molecule has 1 heterocycles. The van der Waals surface area contributed by atoms with Crippen molar-refractivity contribution < 1.29 is 9.90 Å². The lowest BCUT2D eigenvalue weighted by Gasteiger charge is -2.07. The Morgan fingerprint density at radius 1 is 1.25 bits per heavy atom. The summed E-state index contributed by atoms with van der Waals surface area (Å²) in [4.78, 5) is 11.1. The molecule has 0 aliphatic heterocycles. The smallest absolute Gasteiger partial charge is 0.335 e. The van der Waals surface area contributed by atoms with Crippen molar-refractivity contribution >= 4 is 32.9 Å². The Kier molecular flexibility index (Phi) is 3.02. The van der Waals surface area contributed by atoms with Gasteiger partial charge < -0.3 is 5.11 Å². The first-order valence-electron chi connectivity index (χ1n) is 5.91. The van der Waals surface area contributed by atoms with Gasteiger partial charge in [0.2, 0.25) is 0 Å². The molecule has 0 atom stereocenters. The molecule has 2 aromatic carbocycles. The number of aryl methyl sites for hydroxylation is 1. The molecule has 0 fully saturated rings. The molecule has 0 unspecified atom stereocenters. The fourth-order valence-corrected chi connectivity index (χ4v) is 2.39. The topological polar surface area (TPSA) is 68.0 Å². The van der Waals surface area contributed by atoms with Crippen molar-refractivity contribution in [3.05, 3.63) is 52.0 Å². The molecule has 0 aliphatic carbocycles. The summed E-state index contributed by atoms with van der Waals surface area (Å²) >= 11 is 3.43. The van der Waals surface area contributed by atoms with E-state index in [1.807, 2.05) is 25.1 Å². The van der Waals surface area contributed by atoms with E-state index in [1.165, 1.54) is 6.07 Å². The number of hydrogen-bond donors (Lipinski definition) is 1. The zero-order valence-corrected chi connectivity index (χ0v) is 12.1. The van der Waals surface area contributed by atoms with Gasteiger partial charge in [0.15, 0.2) is 0 Å². The van der Waals surface area contributed by atoms with Gasteiger partial charge >= 0.3 is 5.97 Å². The quantitative estimate of drug-likeness (QED) is 0.783. The van der Waals surface area contributed by atoms with E-state index in [-0.39, 0.29) is 5.56 Å². The summed E-state index contributed by atoms with van der Waals surface area (Å²) < 4.78 is 2.58. The lowest BCUT2D eigenvalue weighted by molar-refractivity contribution is 0.0697. The summed E-state index contributed by atoms with van der Waals surface area (Å²) in [5.74, 6) is -0.967. The highest BCUT2D eigenvalue weighted by atomic mass is 79.9. The van der Waals surface area contributed by atoms with Gasteiger partial charge in [-0.05, 0) is 42.8 Å². The minimum Gasteiger partial charge on any atom is -0.478 e. The van der Waals surface area contributed by atoms with Gasteiger partial charge in [-0.15, -0.1) is 5.10 Å². The first-order valence-corrected chi connectivity index (χ1v) is 6.71. The Bertz CT molecular complexity index is 826. The Morgan fingerprint density at radius 2 is 2.05 bits per heavy atom. The van der Waals surface area contributed by atoms with Gasteiger partial charge in [0.25, 0.3) is 0 Å². The molecule has 0 spiro atoms. The van der Waals surface area contributed by atoms with Crippen LogP contribution in [0.25, 0.3) is 16.7 Å². The van der Waals surface area contributed by atoms with Gasteiger partial charge in [0.1, 0.15) is 5.52 Å². The molecule has 3 aromatic rings. The molecule has 0 amide bonds. The van der Waals surface area contributed by atoms with E-state index in [0.717, 1.165) is 15.7 Å². The van der Waals surface area contributed by atoms with Crippen LogP contribution in [0.2, 0.25) is 0 Å². The zero-order valence-electron chi connectivity index (χ0n) is 10.5. The van der Waals surface area contributed by atoms with Gasteiger partial charge in [-0.2, -0.15) is 0 Å². The van der Waals surface area contributed by atoms with Crippen molar-refractivity contribution in [1.82, 2.24) is 15.0 Å². The fourth-order valence-electron chi connectivity index (χ4n) is 2.04.